The third kappa shape index (κ3) is 1.09. The van der Waals surface area contributed by atoms with Gasteiger partial charge >= 0.3 is 0 Å². The van der Waals surface area contributed by atoms with Crippen LogP contribution in [-0.4, -0.2) is 19.4 Å². The Morgan fingerprint density at radius 3 is 3.36 bits per heavy atom. The molecule has 0 radical (unpaired) electrons. The van der Waals surface area contributed by atoms with Gasteiger partial charge in [-0.05, 0) is 0 Å². The van der Waals surface area contributed by atoms with E-state index in [0.29, 0.717) is 11.5 Å². The molecule has 0 fully saturated rings. The maximum atomic E-state index is 10.4. The van der Waals surface area contributed by atoms with Gasteiger partial charge in [0.1, 0.15) is 11.6 Å². The molecule has 0 amide bonds. The SMILES string of the molecule is O=Cc1cc2c(s1)NCCO2. The van der Waals surface area contributed by atoms with Crippen LogP contribution in [0.25, 0.3) is 0 Å². The number of anilines is 1. The highest BCUT2D eigenvalue weighted by molar-refractivity contribution is 7.18. The number of hydrogen-bond acceptors (Lipinski definition) is 4. The second kappa shape index (κ2) is 2.54. The van der Waals surface area contributed by atoms with E-state index in [2.05, 4.69) is 5.32 Å². The van der Waals surface area contributed by atoms with Gasteiger partial charge in [0.25, 0.3) is 0 Å². The normalized spacial score (nSPS) is 14.5. The minimum Gasteiger partial charge on any atom is -0.489 e. The summed E-state index contributed by atoms with van der Waals surface area (Å²) in [6.45, 7) is 1.51. The Kier molecular flexibility index (Phi) is 1.54. The smallest absolute Gasteiger partial charge is 0.160 e. The second-order valence-corrected chi connectivity index (χ2v) is 3.32. The first-order valence-corrected chi connectivity index (χ1v) is 4.17. The number of carbonyl (C=O) groups is 1. The maximum absolute atomic E-state index is 10.4. The van der Waals surface area contributed by atoms with Crippen LogP contribution in [0.1, 0.15) is 9.67 Å². The maximum Gasteiger partial charge on any atom is 0.160 e. The van der Waals surface area contributed by atoms with Crippen molar-refractivity contribution < 1.29 is 9.53 Å². The van der Waals surface area contributed by atoms with Crippen molar-refractivity contribution in [1.82, 2.24) is 0 Å². The van der Waals surface area contributed by atoms with Crippen molar-refractivity contribution in [3.05, 3.63) is 10.9 Å². The predicted molar refractivity (Wildman–Crippen MR) is 43.7 cm³/mol. The van der Waals surface area contributed by atoms with Gasteiger partial charge in [0.2, 0.25) is 0 Å². The second-order valence-electron chi connectivity index (χ2n) is 2.24. The summed E-state index contributed by atoms with van der Waals surface area (Å²) in [5.41, 5.74) is 0. The highest BCUT2D eigenvalue weighted by atomic mass is 32.1. The quantitative estimate of drug-likeness (QED) is 0.645. The minimum atomic E-state index is 0.683. The number of thiophene rings is 1. The molecule has 1 aromatic rings. The molecule has 2 rings (SSSR count). The molecule has 0 unspecified atom stereocenters. The number of carbonyl (C=O) groups excluding carboxylic acids is 1. The molecule has 0 saturated heterocycles. The van der Waals surface area contributed by atoms with Crippen LogP contribution in [0.15, 0.2) is 6.07 Å². The van der Waals surface area contributed by atoms with Crippen LogP contribution in [0.3, 0.4) is 0 Å². The van der Waals surface area contributed by atoms with Crippen molar-refractivity contribution in [3.63, 3.8) is 0 Å². The van der Waals surface area contributed by atoms with Gasteiger partial charge in [-0.15, -0.1) is 11.3 Å². The van der Waals surface area contributed by atoms with Crippen LogP contribution >= 0.6 is 11.3 Å². The van der Waals surface area contributed by atoms with Crippen molar-refractivity contribution in [1.29, 1.82) is 0 Å². The lowest BCUT2D eigenvalue weighted by Crippen LogP contribution is -2.15. The Bertz CT molecular complexity index is 258. The molecule has 11 heavy (non-hydrogen) atoms. The highest BCUT2D eigenvalue weighted by Gasteiger charge is 2.12. The Labute approximate surface area is 68.0 Å². The largest absolute Gasteiger partial charge is 0.489 e. The first-order valence-electron chi connectivity index (χ1n) is 3.36. The molecular formula is C7H7NO2S. The van der Waals surface area contributed by atoms with Crippen LogP contribution in [0.5, 0.6) is 5.75 Å². The van der Waals surface area contributed by atoms with Gasteiger partial charge < -0.3 is 10.1 Å². The highest BCUT2D eigenvalue weighted by Crippen LogP contribution is 2.35. The Morgan fingerprint density at radius 1 is 1.73 bits per heavy atom. The monoisotopic (exact) mass is 169 g/mol. The van der Waals surface area contributed by atoms with E-state index in [1.807, 2.05) is 0 Å². The summed E-state index contributed by atoms with van der Waals surface area (Å²) in [4.78, 5) is 11.1. The zero-order valence-electron chi connectivity index (χ0n) is 5.79. The number of ether oxygens (including phenoxy) is 1. The molecule has 0 aromatic carbocycles. The van der Waals surface area contributed by atoms with Crippen molar-refractivity contribution in [3.8, 4) is 5.75 Å². The first kappa shape index (κ1) is 6.67. The van der Waals surface area contributed by atoms with Gasteiger partial charge in [-0.2, -0.15) is 0 Å². The molecule has 0 aliphatic carbocycles. The molecular weight excluding hydrogens is 162 g/mol. The first-order chi connectivity index (χ1) is 5.40. The average Bonchev–Trinajstić information content (AvgIpc) is 2.46. The van der Waals surface area contributed by atoms with Crippen LogP contribution in [0.2, 0.25) is 0 Å². The molecule has 3 nitrogen and oxygen atoms in total. The molecule has 1 N–H and O–H groups in total. The van der Waals surface area contributed by atoms with Gasteiger partial charge in [0.05, 0.1) is 4.88 Å². The molecule has 58 valence electrons. The van der Waals surface area contributed by atoms with E-state index in [4.69, 9.17) is 4.74 Å². The summed E-state index contributed by atoms with van der Waals surface area (Å²) in [5, 5.41) is 4.12. The van der Waals surface area contributed by atoms with E-state index in [1.54, 1.807) is 6.07 Å². The van der Waals surface area contributed by atoms with Gasteiger partial charge in [0, 0.05) is 12.6 Å². The van der Waals surface area contributed by atoms with Crippen LogP contribution in [-0.2, 0) is 0 Å². The predicted octanol–water partition coefficient (Wildman–Crippen LogP) is 1.36. The Balaban J connectivity index is 2.39. The Morgan fingerprint density at radius 2 is 2.64 bits per heavy atom. The van der Waals surface area contributed by atoms with Gasteiger partial charge in [-0.3, -0.25) is 4.79 Å². The third-order valence-electron chi connectivity index (χ3n) is 1.48. The fraction of sp³-hybridized carbons (Fsp3) is 0.286. The van der Waals surface area contributed by atoms with Gasteiger partial charge in [-0.1, -0.05) is 0 Å². The summed E-state index contributed by atoms with van der Waals surface area (Å²) < 4.78 is 5.29. The van der Waals surface area contributed by atoms with E-state index < -0.39 is 0 Å². The third-order valence-corrected chi connectivity index (χ3v) is 2.48. The minimum absolute atomic E-state index is 0.683. The summed E-state index contributed by atoms with van der Waals surface area (Å²) >= 11 is 1.43. The molecule has 1 aliphatic heterocycles. The van der Waals surface area contributed by atoms with Crippen molar-refractivity contribution in [2.45, 2.75) is 0 Å². The van der Waals surface area contributed by atoms with E-state index >= 15 is 0 Å². The van der Waals surface area contributed by atoms with Crippen LogP contribution in [0.4, 0.5) is 5.00 Å². The molecule has 0 spiro atoms. The molecule has 1 aromatic heterocycles. The summed E-state index contributed by atoms with van der Waals surface area (Å²) in [7, 11) is 0. The van der Waals surface area contributed by atoms with E-state index in [0.717, 1.165) is 23.6 Å². The number of aldehydes is 1. The number of rotatable bonds is 1. The fourth-order valence-electron chi connectivity index (χ4n) is 1.01. The Hall–Kier alpha value is -1.03. The molecule has 2 heterocycles. The van der Waals surface area contributed by atoms with E-state index in [1.165, 1.54) is 11.3 Å². The van der Waals surface area contributed by atoms with Crippen molar-refractivity contribution in [2.75, 3.05) is 18.5 Å². The summed E-state index contributed by atoms with van der Waals surface area (Å²) in [6.07, 6.45) is 0.841. The van der Waals surface area contributed by atoms with E-state index in [9.17, 15) is 4.79 Å². The molecule has 0 atom stereocenters. The number of hydrogen-bond donors (Lipinski definition) is 1. The van der Waals surface area contributed by atoms with Gasteiger partial charge in [-0.25, -0.2) is 0 Å². The number of nitrogens with one attached hydrogen (secondary N) is 1. The topological polar surface area (TPSA) is 38.3 Å². The molecule has 0 saturated carbocycles. The lowest BCUT2D eigenvalue weighted by molar-refractivity contribution is 0.112. The lowest BCUT2D eigenvalue weighted by atomic mass is 10.4. The van der Waals surface area contributed by atoms with Crippen molar-refractivity contribution in [2.24, 2.45) is 0 Å². The number of fused-ring (bicyclic) bond motifs is 1. The van der Waals surface area contributed by atoms with E-state index in [-0.39, 0.29) is 0 Å². The van der Waals surface area contributed by atoms with Gasteiger partial charge in [0.15, 0.2) is 12.0 Å². The standard InChI is InChI=1S/C7H7NO2S/c9-4-5-3-6-7(11-5)8-1-2-10-6/h3-4,8H,1-2H2. The zero-order valence-corrected chi connectivity index (χ0v) is 6.61. The van der Waals surface area contributed by atoms with Crippen LogP contribution in [0, 0.1) is 0 Å². The van der Waals surface area contributed by atoms with Crippen molar-refractivity contribution >= 4 is 22.6 Å². The summed E-state index contributed by atoms with van der Waals surface area (Å²) in [5.74, 6) is 0.809. The van der Waals surface area contributed by atoms with Crippen LogP contribution < -0.4 is 10.1 Å². The molecule has 4 heteroatoms. The average molecular weight is 169 g/mol. The summed E-state index contributed by atoms with van der Waals surface area (Å²) in [6, 6.07) is 1.76. The fourth-order valence-corrected chi connectivity index (χ4v) is 1.85. The molecule has 1 aliphatic rings. The zero-order chi connectivity index (χ0) is 7.68. The lowest BCUT2D eigenvalue weighted by Gasteiger charge is -2.13. The molecule has 0 bridgehead atoms.